The lowest BCUT2D eigenvalue weighted by molar-refractivity contribution is 0.407. The largest absolute Gasteiger partial charge is 0.497 e. The minimum absolute atomic E-state index is 0.855. The monoisotopic (exact) mass is 269 g/mol. The summed E-state index contributed by atoms with van der Waals surface area (Å²) < 4.78 is 10.5. The van der Waals surface area contributed by atoms with Crippen molar-refractivity contribution in [1.29, 1.82) is 0 Å². The molecule has 0 unspecified atom stereocenters. The van der Waals surface area contributed by atoms with Gasteiger partial charge in [-0.15, -0.1) is 0 Å². The van der Waals surface area contributed by atoms with E-state index in [1.54, 1.807) is 14.2 Å². The molecule has 0 radical (unpaired) electrons. The Hall–Kier alpha value is -2.29. The fourth-order valence-electron chi connectivity index (χ4n) is 2.11. The molecule has 0 fully saturated rings. The van der Waals surface area contributed by atoms with E-state index in [1.807, 2.05) is 56.5 Å². The van der Waals surface area contributed by atoms with Crippen LogP contribution in [0.1, 0.15) is 22.4 Å². The molecule has 0 atom stereocenters. The van der Waals surface area contributed by atoms with Crippen LogP contribution in [0, 0.1) is 13.8 Å². The van der Waals surface area contributed by atoms with Gasteiger partial charge in [0.25, 0.3) is 0 Å². The summed E-state index contributed by atoms with van der Waals surface area (Å²) in [6.45, 7) is 4.02. The molecule has 2 rings (SSSR count). The predicted octanol–water partition coefficient (Wildman–Crippen LogP) is 3.89. The van der Waals surface area contributed by atoms with Gasteiger partial charge in [-0.1, -0.05) is 18.2 Å². The Morgan fingerprint density at radius 3 is 2.25 bits per heavy atom. The van der Waals surface area contributed by atoms with Gasteiger partial charge in [0, 0.05) is 17.3 Å². The number of hydrogen-bond acceptors (Lipinski definition) is 3. The number of nitrogens with zero attached hydrogens (tertiary/aromatic N) is 1. The van der Waals surface area contributed by atoms with Crippen molar-refractivity contribution in [1.82, 2.24) is 4.98 Å². The van der Waals surface area contributed by atoms with Gasteiger partial charge < -0.3 is 9.47 Å². The van der Waals surface area contributed by atoms with Gasteiger partial charge in [-0.25, -0.2) is 0 Å². The summed E-state index contributed by atoms with van der Waals surface area (Å²) in [6, 6.07) is 7.90. The smallest absolute Gasteiger partial charge is 0.128 e. The third-order valence-electron chi connectivity index (χ3n) is 3.23. The molecule has 20 heavy (non-hydrogen) atoms. The van der Waals surface area contributed by atoms with Crippen LogP contribution in [0.15, 0.2) is 30.5 Å². The van der Waals surface area contributed by atoms with Crippen LogP contribution in [0.2, 0.25) is 0 Å². The van der Waals surface area contributed by atoms with Crippen LogP contribution in [0.5, 0.6) is 11.5 Å². The molecule has 1 heterocycles. The first-order valence-electron chi connectivity index (χ1n) is 6.48. The Morgan fingerprint density at radius 1 is 0.950 bits per heavy atom. The standard InChI is InChI=1S/C17H19NO2/c1-12-11-18-16(13(2)17(12)20-4)10-7-14-5-8-15(19-3)9-6-14/h5-11H,1-4H3/b10-7+. The number of pyridine rings is 1. The number of benzene rings is 1. The first kappa shape index (κ1) is 14.1. The Bertz CT molecular complexity index is 616. The van der Waals surface area contributed by atoms with Crippen LogP contribution in [0.25, 0.3) is 12.2 Å². The second-order valence-electron chi connectivity index (χ2n) is 4.59. The van der Waals surface area contributed by atoms with E-state index < -0.39 is 0 Å². The third-order valence-corrected chi connectivity index (χ3v) is 3.23. The van der Waals surface area contributed by atoms with Crippen LogP contribution >= 0.6 is 0 Å². The molecule has 1 aromatic carbocycles. The number of aryl methyl sites for hydroxylation is 1. The first-order valence-corrected chi connectivity index (χ1v) is 6.48. The minimum Gasteiger partial charge on any atom is -0.497 e. The molecule has 1 aromatic heterocycles. The van der Waals surface area contributed by atoms with Gasteiger partial charge in [-0.2, -0.15) is 0 Å². The highest BCUT2D eigenvalue weighted by atomic mass is 16.5. The summed E-state index contributed by atoms with van der Waals surface area (Å²) in [4.78, 5) is 4.44. The average Bonchev–Trinajstić information content (AvgIpc) is 2.47. The molecule has 0 saturated heterocycles. The van der Waals surface area contributed by atoms with E-state index in [9.17, 15) is 0 Å². The summed E-state index contributed by atoms with van der Waals surface area (Å²) in [5, 5.41) is 0. The van der Waals surface area contributed by atoms with E-state index in [4.69, 9.17) is 9.47 Å². The number of ether oxygens (including phenoxy) is 2. The van der Waals surface area contributed by atoms with E-state index in [1.165, 1.54) is 0 Å². The summed E-state index contributed by atoms with van der Waals surface area (Å²) >= 11 is 0. The lowest BCUT2D eigenvalue weighted by Crippen LogP contribution is -1.95. The minimum atomic E-state index is 0.855. The third kappa shape index (κ3) is 2.99. The Morgan fingerprint density at radius 2 is 1.65 bits per heavy atom. The van der Waals surface area contributed by atoms with Crippen molar-refractivity contribution in [3.05, 3.63) is 52.8 Å². The molecule has 0 N–H and O–H groups in total. The van der Waals surface area contributed by atoms with E-state index in [-0.39, 0.29) is 0 Å². The van der Waals surface area contributed by atoms with Gasteiger partial charge in [0.15, 0.2) is 0 Å². The molecule has 0 bridgehead atoms. The van der Waals surface area contributed by atoms with Crippen molar-refractivity contribution < 1.29 is 9.47 Å². The maximum absolute atomic E-state index is 5.41. The van der Waals surface area contributed by atoms with Crippen LogP contribution < -0.4 is 9.47 Å². The molecule has 3 heteroatoms. The summed E-state index contributed by atoms with van der Waals surface area (Å²) in [5.74, 6) is 1.75. The van der Waals surface area contributed by atoms with Crippen molar-refractivity contribution in [2.45, 2.75) is 13.8 Å². The molecule has 104 valence electrons. The zero-order valence-corrected chi connectivity index (χ0v) is 12.3. The van der Waals surface area contributed by atoms with Gasteiger partial charge in [0.05, 0.1) is 19.9 Å². The summed E-state index contributed by atoms with van der Waals surface area (Å²) in [5.41, 5.74) is 4.12. The zero-order valence-electron chi connectivity index (χ0n) is 12.3. The maximum Gasteiger partial charge on any atom is 0.128 e. The normalized spacial score (nSPS) is 10.8. The zero-order chi connectivity index (χ0) is 14.5. The number of methoxy groups -OCH3 is 2. The molecule has 0 spiro atoms. The molecular formula is C17H19NO2. The van der Waals surface area contributed by atoms with Crippen LogP contribution in [0.4, 0.5) is 0 Å². The topological polar surface area (TPSA) is 31.4 Å². The van der Waals surface area contributed by atoms with Gasteiger partial charge >= 0.3 is 0 Å². The number of hydrogen-bond donors (Lipinski definition) is 0. The molecule has 0 saturated carbocycles. The fourth-order valence-corrected chi connectivity index (χ4v) is 2.11. The van der Waals surface area contributed by atoms with Crippen molar-refractivity contribution in [3.63, 3.8) is 0 Å². The van der Waals surface area contributed by atoms with E-state index >= 15 is 0 Å². The van der Waals surface area contributed by atoms with Crippen LogP contribution in [0.3, 0.4) is 0 Å². The molecule has 0 amide bonds. The number of aromatic nitrogens is 1. The highest BCUT2D eigenvalue weighted by Gasteiger charge is 2.06. The van der Waals surface area contributed by atoms with Crippen molar-refractivity contribution >= 4 is 12.2 Å². The summed E-state index contributed by atoms with van der Waals surface area (Å²) in [6.07, 6.45) is 5.86. The number of rotatable bonds is 4. The molecule has 2 aromatic rings. The Labute approximate surface area is 119 Å². The van der Waals surface area contributed by atoms with Crippen LogP contribution in [-0.4, -0.2) is 19.2 Å². The predicted molar refractivity (Wildman–Crippen MR) is 82.2 cm³/mol. The van der Waals surface area contributed by atoms with E-state index in [0.29, 0.717) is 0 Å². The Balaban J connectivity index is 2.26. The van der Waals surface area contributed by atoms with Crippen molar-refractivity contribution in [2.24, 2.45) is 0 Å². The SMILES string of the molecule is COc1ccc(/C=C/c2ncc(C)c(OC)c2C)cc1. The highest BCUT2D eigenvalue weighted by Crippen LogP contribution is 2.25. The van der Waals surface area contributed by atoms with Crippen LogP contribution in [-0.2, 0) is 0 Å². The molecule has 0 aliphatic rings. The lowest BCUT2D eigenvalue weighted by Gasteiger charge is -2.09. The van der Waals surface area contributed by atoms with E-state index in [0.717, 1.165) is 33.9 Å². The molecular weight excluding hydrogens is 250 g/mol. The van der Waals surface area contributed by atoms with Gasteiger partial charge in [-0.3, -0.25) is 4.98 Å². The second kappa shape index (κ2) is 6.24. The molecule has 0 aliphatic heterocycles. The Kier molecular flexibility index (Phi) is 4.41. The molecule has 0 aliphatic carbocycles. The maximum atomic E-state index is 5.41. The van der Waals surface area contributed by atoms with Gasteiger partial charge in [-0.05, 0) is 37.6 Å². The fraction of sp³-hybridized carbons (Fsp3) is 0.235. The second-order valence-corrected chi connectivity index (χ2v) is 4.59. The highest BCUT2D eigenvalue weighted by molar-refractivity contribution is 5.70. The molecule has 3 nitrogen and oxygen atoms in total. The van der Waals surface area contributed by atoms with E-state index in [2.05, 4.69) is 4.98 Å². The lowest BCUT2D eigenvalue weighted by atomic mass is 10.1. The van der Waals surface area contributed by atoms with Gasteiger partial charge in [0.1, 0.15) is 11.5 Å². The quantitative estimate of drug-likeness (QED) is 0.844. The first-order chi connectivity index (χ1) is 9.65. The van der Waals surface area contributed by atoms with Crippen molar-refractivity contribution in [3.8, 4) is 11.5 Å². The summed E-state index contributed by atoms with van der Waals surface area (Å²) in [7, 11) is 3.35. The van der Waals surface area contributed by atoms with Crippen molar-refractivity contribution in [2.75, 3.05) is 14.2 Å². The van der Waals surface area contributed by atoms with Gasteiger partial charge in [0.2, 0.25) is 0 Å². The average molecular weight is 269 g/mol.